The van der Waals surface area contributed by atoms with Crippen LogP contribution in [0.15, 0.2) is 121 Å². The molecule has 6 nitrogen and oxygen atoms in total. The lowest BCUT2D eigenvalue weighted by atomic mass is 9.89. The van der Waals surface area contributed by atoms with E-state index < -0.39 is 6.29 Å². The average Bonchev–Trinajstić information content (AvgIpc) is 3.09. The number of ether oxygens (including phenoxy) is 2. The molecule has 230 valence electrons. The highest BCUT2D eigenvalue weighted by molar-refractivity contribution is 6.04. The molecular formula is C39H40N2O4. The third-order valence-corrected chi connectivity index (χ3v) is 8.96. The first-order valence-corrected chi connectivity index (χ1v) is 15.6. The van der Waals surface area contributed by atoms with Gasteiger partial charge in [0.15, 0.2) is 6.29 Å². The SMILES string of the molecule is CC1C(CN(C)C(C)c2ccc3ccccc3c2)OC(c2cccc(NC(=O)c3ccccc3)c2)OC1c1ccc(CO)cc1. The minimum Gasteiger partial charge on any atom is -0.392 e. The molecule has 2 N–H and O–H groups in total. The molecule has 45 heavy (non-hydrogen) atoms. The first-order valence-electron chi connectivity index (χ1n) is 15.6. The van der Waals surface area contributed by atoms with Gasteiger partial charge in [0.2, 0.25) is 0 Å². The second-order valence-corrected chi connectivity index (χ2v) is 12.0. The summed E-state index contributed by atoms with van der Waals surface area (Å²) in [4.78, 5) is 15.2. The number of aliphatic hydroxyl groups excluding tert-OH is 1. The second kappa shape index (κ2) is 13.8. The van der Waals surface area contributed by atoms with Crippen molar-refractivity contribution in [2.75, 3.05) is 18.9 Å². The summed E-state index contributed by atoms with van der Waals surface area (Å²) in [6, 6.07) is 40.1. The fourth-order valence-corrected chi connectivity index (χ4v) is 6.05. The van der Waals surface area contributed by atoms with Crippen LogP contribution in [0.25, 0.3) is 10.8 Å². The van der Waals surface area contributed by atoms with Crippen molar-refractivity contribution in [3.8, 4) is 0 Å². The highest BCUT2D eigenvalue weighted by atomic mass is 16.7. The number of likely N-dealkylation sites (N-methyl/N-ethyl adjacent to an activating group) is 1. The van der Waals surface area contributed by atoms with Crippen molar-refractivity contribution in [1.82, 2.24) is 4.90 Å². The van der Waals surface area contributed by atoms with Crippen molar-refractivity contribution in [1.29, 1.82) is 0 Å². The van der Waals surface area contributed by atoms with Gasteiger partial charge in [0.1, 0.15) is 0 Å². The van der Waals surface area contributed by atoms with Crippen molar-refractivity contribution in [2.24, 2.45) is 5.92 Å². The summed E-state index contributed by atoms with van der Waals surface area (Å²) in [5.74, 6) is -0.121. The fraction of sp³-hybridized carbons (Fsp3) is 0.256. The van der Waals surface area contributed by atoms with Gasteiger partial charge in [-0.1, -0.05) is 97.9 Å². The first-order chi connectivity index (χ1) is 21.9. The van der Waals surface area contributed by atoms with Gasteiger partial charge in [0.05, 0.1) is 18.8 Å². The Hall–Kier alpha value is -4.33. The summed E-state index contributed by atoms with van der Waals surface area (Å²) >= 11 is 0. The van der Waals surface area contributed by atoms with Crippen LogP contribution in [0, 0.1) is 5.92 Å². The molecule has 1 fully saturated rings. The minimum absolute atomic E-state index is 0.00529. The number of amides is 1. The summed E-state index contributed by atoms with van der Waals surface area (Å²) in [7, 11) is 2.14. The quantitative estimate of drug-likeness (QED) is 0.179. The summed E-state index contributed by atoms with van der Waals surface area (Å²) in [5, 5.41) is 15.1. The smallest absolute Gasteiger partial charge is 0.255 e. The number of carbonyl (C=O) groups is 1. The van der Waals surface area contributed by atoms with E-state index >= 15 is 0 Å². The lowest BCUT2D eigenvalue weighted by molar-refractivity contribution is -0.276. The van der Waals surface area contributed by atoms with Gasteiger partial charge in [-0.2, -0.15) is 0 Å². The van der Waals surface area contributed by atoms with E-state index in [1.54, 1.807) is 12.1 Å². The van der Waals surface area contributed by atoms with Crippen LogP contribution < -0.4 is 5.32 Å². The van der Waals surface area contributed by atoms with Crippen LogP contribution in [-0.4, -0.2) is 35.6 Å². The number of hydrogen-bond donors (Lipinski definition) is 2. The van der Waals surface area contributed by atoms with E-state index in [-0.39, 0.29) is 36.7 Å². The molecule has 0 aliphatic carbocycles. The molecule has 5 unspecified atom stereocenters. The molecule has 1 heterocycles. The zero-order valence-corrected chi connectivity index (χ0v) is 26.0. The van der Waals surface area contributed by atoms with Gasteiger partial charge in [-0.3, -0.25) is 9.69 Å². The molecule has 0 spiro atoms. The Morgan fingerprint density at radius 3 is 2.31 bits per heavy atom. The molecule has 5 atom stereocenters. The normalized spacial score (nSPS) is 20.6. The van der Waals surface area contributed by atoms with Crippen molar-refractivity contribution in [3.63, 3.8) is 0 Å². The summed E-state index contributed by atoms with van der Waals surface area (Å²) < 4.78 is 13.4. The number of fused-ring (bicyclic) bond motifs is 1. The number of benzene rings is 5. The van der Waals surface area contributed by atoms with E-state index in [0.29, 0.717) is 17.8 Å². The standard InChI is InChI=1S/C39H40N2O4/c1-26-36(24-41(3)27(2)32-21-20-29-10-7-8-13-33(29)22-32)44-39(45-37(26)30-18-16-28(25-42)17-19-30)34-14-9-15-35(23-34)40-38(43)31-11-5-4-6-12-31/h4-23,26-27,36-37,39,42H,24-25H2,1-3H3,(H,40,43). The van der Waals surface area contributed by atoms with Crippen molar-refractivity contribution in [3.05, 3.63) is 149 Å². The number of rotatable bonds is 9. The highest BCUT2D eigenvalue weighted by Crippen LogP contribution is 2.42. The molecule has 0 radical (unpaired) electrons. The van der Waals surface area contributed by atoms with Gasteiger partial charge >= 0.3 is 0 Å². The van der Waals surface area contributed by atoms with Crippen LogP contribution in [0.2, 0.25) is 0 Å². The topological polar surface area (TPSA) is 71.0 Å². The molecule has 6 heteroatoms. The zero-order chi connectivity index (χ0) is 31.3. The number of hydrogen-bond acceptors (Lipinski definition) is 5. The van der Waals surface area contributed by atoms with E-state index in [2.05, 4.69) is 73.6 Å². The lowest BCUT2D eigenvalue weighted by Gasteiger charge is -2.43. The van der Waals surface area contributed by atoms with Crippen molar-refractivity contribution < 1.29 is 19.4 Å². The maximum Gasteiger partial charge on any atom is 0.255 e. The van der Waals surface area contributed by atoms with Crippen LogP contribution in [0.1, 0.15) is 64.9 Å². The lowest BCUT2D eigenvalue weighted by Crippen LogP contribution is -2.44. The minimum atomic E-state index is -0.633. The highest BCUT2D eigenvalue weighted by Gasteiger charge is 2.39. The van der Waals surface area contributed by atoms with E-state index in [4.69, 9.17) is 9.47 Å². The molecule has 6 rings (SSSR count). The van der Waals surface area contributed by atoms with E-state index in [0.717, 1.165) is 16.7 Å². The van der Waals surface area contributed by atoms with Crippen LogP contribution in [-0.2, 0) is 16.1 Å². The maximum absolute atomic E-state index is 12.9. The number of nitrogens with zero attached hydrogens (tertiary/aromatic N) is 1. The van der Waals surface area contributed by atoms with Gasteiger partial charge in [0.25, 0.3) is 5.91 Å². The Bertz CT molecular complexity index is 1740. The molecule has 5 aromatic carbocycles. The third kappa shape index (κ3) is 7.00. The number of anilines is 1. The molecule has 1 amide bonds. The Balaban J connectivity index is 1.25. The largest absolute Gasteiger partial charge is 0.392 e. The molecular weight excluding hydrogens is 560 g/mol. The van der Waals surface area contributed by atoms with Crippen LogP contribution in [0.3, 0.4) is 0 Å². The second-order valence-electron chi connectivity index (χ2n) is 12.0. The monoisotopic (exact) mass is 600 g/mol. The average molecular weight is 601 g/mol. The van der Waals surface area contributed by atoms with Crippen molar-refractivity contribution >= 4 is 22.4 Å². The van der Waals surface area contributed by atoms with E-state index in [1.807, 2.05) is 66.7 Å². The predicted octanol–water partition coefficient (Wildman–Crippen LogP) is 8.07. The van der Waals surface area contributed by atoms with Crippen molar-refractivity contribution in [2.45, 2.75) is 45.0 Å². The van der Waals surface area contributed by atoms with E-state index in [9.17, 15) is 9.90 Å². The van der Waals surface area contributed by atoms with Gasteiger partial charge in [-0.05, 0) is 71.8 Å². The van der Waals surface area contributed by atoms with Gasteiger partial charge in [-0.15, -0.1) is 0 Å². The maximum atomic E-state index is 12.9. The molecule has 0 bridgehead atoms. The molecule has 1 aliphatic heterocycles. The predicted molar refractivity (Wildman–Crippen MR) is 179 cm³/mol. The summed E-state index contributed by atoms with van der Waals surface area (Å²) in [6.45, 7) is 5.10. The molecule has 0 saturated carbocycles. The van der Waals surface area contributed by atoms with Gasteiger partial charge in [-0.25, -0.2) is 0 Å². The Labute approximate surface area is 265 Å². The Morgan fingerprint density at radius 1 is 0.822 bits per heavy atom. The molecule has 0 aromatic heterocycles. The molecule has 5 aromatic rings. The molecule has 1 saturated heterocycles. The third-order valence-electron chi connectivity index (χ3n) is 8.96. The first kappa shape index (κ1) is 30.7. The van der Waals surface area contributed by atoms with Crippen LogP contribution in [0.5, 0.6) is 0 Å². The number of aliphatic hydroxyl groups is 1. The van der Waals surface area contributed by atoms with E-state index in [1.165, 1.54) is 16.3 Å². The van der Waals surface area contributed by atoms with Gasteiger partial charge < -0.3 is 19.9 Å². The Morgan fingerprint density at radius 2 is 1.56 bits per heavy atom. The summed E-state index contributed by atoms with van der Waals surface area (Å²) in [6.07, 6.45) is -0.998. The number of nitrogens with one attached hydrogen (secondary N) is 1. The number of carbonyl (C=O) groups excluding carboxylic acids is 1. The summed E-state index contributed by atoms with van der Waals surface area (Å²) in [5.41, 5.74) is 5.26. The van der Waals surface area contributed by atoms with Crippen LogP contribution >= 0.6 is 0 Å². The van der Waals surface area contributed by atoms with Gasteiger partial charge in [0, 0.05) is 35.3 Å². The Kier molecular flexibility index (Phi) is 9.38. The molecule has 1 aliphatic rings. The van der Waals surface area contributed by atoms with Crippen LogP contribution in [0.4, 0.5) is 5.69 Å². The fourth-order valence-electron chi connectivity index (χ4n) is 6.05. The zero-order valence-electron chi connectivity index (χ0n) is 26.0.